The lowest BCUT2D eigenvalue weighted by Gasteiger charge is -2.18. The Morgan fingerprint density at radius 1 is 1.45 bits per heavy atom. The third kappa shape index (κ3) is 5.15. The number of hydrogen-bond donors (Lipinski definition) is 4. The van der Waals surface area contributed by atoms with Crippen molar-refractivity contribution in [3.8, 4) is 0 Å². The van der Waals surface area contributed by atoms with Crippen LogP contribution in [0.15, 0.2) is 0 Å². The highest BCUT2D eigenvalue weighted by molar-refractivity contribution is 4.68. The van der Waals surface area contributed by atoms with Crippen LogP contribution in [0.2, 0.25) is 0 Å². The molecule has 2 atom stereocenters. The number of aliphatic hydroxyl groups excluding tert-OH is 1. The van der Waals surface area contributed by atoms with E-state index in [-0.39, 0.29) is 6.04 Å². The topological polar surface area (TPSA) is 84.3 Å². The van der Waals surface area contributed by atoms with Crippen molar-refractivity contribution in [1.29, 1.82) is 0 Å². The highest BCUT2D eigenvalue weighted by Crippen LogP contribution is 2.00. The molecule has 0 aromatic rings. The highest BCUT2D eigenvalue weighted by Gasteiger charge is 2.11. The molecule has 0 aromatic heterocycles. The Kier molecular flexibility index (Phi) is 6.45. The van der Waals surface area contributed by atoms with Gasteiger partial charge in [-0.2, -0.15) is 0 Å². The van der Waals surface area contributed by atoms with E-state index in [0.717, 1.165) is 19.3 Å². The van der Waals surface area contributed by atoms with Gasteiger partial charge in [0.1, 0.15) is 6.23 Å². The van der Waals surface area contributed by atoms with E-state index in [2.05, 4.69) is 5.32 Å². The SMILES string of the molecule is CNC(CCCCN)C(N)O. The summed E-state index contributed by atoms with van der Waals surface area (Å²) in [7, 11) is 1.79. The normalized spacial score (nSPS) is 16.4. The van der Waals surface area contributed by atoms with E-state index in [9.17, 15) is 0 Å². The van der Waals surface area contributed by atoms with E-state index in [4.69, 9.17) is 16.6 Å². The van der Waals surface area contributed by atoms with Crippen molar-refractivity contribution >= 4 is 0 Å². The van der Waals surface area contributed by atoms with Crippen molar-refractivity contribution in [1.82, 2.24) is 5.32 Å². The monoisotopic (exact) mass is 161 g/mol. The molecule has 0 amide bonds. The van der Waals surface area contributed by atoms with Gasteiger partial charge < -0.3 is 21.9 Å². The first kappa shape index (κ1) is 10.8. The Morgan fingerprint density at radius 3 is 2.45 bits per heavy atom. The van der Waals surface area contributed by atoms with Crippen molar-refractivity contribution in [3.63, 3.8) is 0 Å². The van der Waals surface area contributed by atoms with Gasteiger partial charge in [-0.25, -0.2) is 0 Å². The minimum absolute atomic E-state index is 0.00144. The lowest BCUT2D eigenvalue weighted by Crippen LogP contribution is -2.43. The van der Waals surface area contributed by atoms with Crippen LogP contribution in [0.4, 0.5) is 0 Å². The summed E-state index contributed by atoms with van der Waals surface area (Å²) >= 11 is 0. The summed E-state index contributed by atoms with van der Waals surface area (Å²) < 4.78 is 0. The molecule has 4 nitrogen and oxygen atoms in total. The minimum Gasteiger partial charge on any atom is -0.377 e. The second-order valence-electron chi connectivity index (χ2n) is 2.67. The van der Waals surface area contributed by atoms with Crippen LogP contribution in [-0.4, -0.2) is 31.0 Å². The summed E-state index contributed by atoms with van der Waals surface area (Å²) in [5.74, 6) is 0. The lowest BCUT2D eigenvalue weighted by molar-refractivity contribution is 0.131. The summed E-state index contributed by atoms with van der Waals surface area (Å²) in [6.45, 7) is 0.705. The van der Waals surface area contributed by atoms with Crippen molar-refractivity contribution < 1.29 is 5.11 Å². The molecule has 0 saturated carbocycles. The van der Waals surface area contributed by atoms with Gasteiger partial charge >= 0.3 is 0 Å². The number of hydrogen-bond acceptors (Lipinski definition) is 4. The molecule has 0 heterocycles. The quantitative estimate of drug-likeness (QED) is 0.297. The maximum atomic E-state index is 9.00. The number of unbranched alkanes of at least 4 members (excludes halogenated alkanes) is 1. The van der Waals surface area contributed by atoms with Crippen LogP contribution in [-0.2, 0) is 0 Å². The highest BCUT2D eigenvalue weighted by atomic mass is 16.3. The van der Waals surface area contributed by atoms with Gasteiger partial charge in [-0.3, -0.25) is 0 Å². The van der Waals surface area contributed by atoms with E-state index in [1.54, 1.807) is 7.05 Å². The van der Waals surface area contributed by atoms with Gasteiger partial charge in [0.25, 0.3) is 0 Å². The molecule has 68 valence electrons. The minimum atomic E-state index is -0.766. The Morgan fingerprint density at radius 2 is 2.09 bits per heavy atom. The fourth-order valence-corrected chi connectivity index (χ4v) is 0.994. The number of nitrogens with one attached hydrogen (secondary N) is 1. The Balaban J connectivity index is 3.36. The fourth-order valence-electron chi connectivity index (χ4n) is 0.994. The number of likely N-dealkylation sites (N-methyl/N-ethyl adjacent to an activating group) is 1. The average Bonchev–Trinajstić information content (AvgIpc) is 1.97. The fraction of sp³-hybridized carbons (Fsp3) is 1.00. The zero-order valence-corrected chi connectivity index (χ0v) is 7.09. The second kappa shape index (κ2) is 6.54. The van der Waals surface area contributed by atoms with Gasteiger partial charge in [0.15, 0.2) is 0 Å². The van der Waals surface area contributed by atoms with Crippen molar-refractivity contribution in [3.05, 3.63) is 0 Å². The van der Waals surface area contributed by atoms with Crippen LogP contribution in [0.25, 0.3) is 0 Å². The van der Waals surface area contributed by atoms with Crippen LogP contribution in [0, 0.1) is 0 Å². The van der Waals surface area contributed by atoms with Gasteiger partial charge in [-0.15, -0.1) is 0 Å². The number of nitrogens with two attached hydrogens (primary N) is 2. The molecule has 0 fully saturated rings. The molecular formula is C7H19N3O. The van der Waals surface area contributed by atoms with Crippen molar-refractivity contribution in [2.45, 2.75) is 31.5 Å². The predicted octanol–water partition coefficient (Wildman–Crippen LogP) is -1.02. The maximum Gasteiger partial charge on any atom is 0.117 e. The third-order valence-electron chi connectivity index (χ3n) is 1.75. The standard InChI is InChI=1S/C7H19N3O/c1-10-6(7(9)11)4-2-3-5-8/h6-7,10-11H,2-5,8-9H2,1H3. The van der Waals surface area contributed by atoms with Gasteiger partial charge in [0.05, 0.1) is 0 Å². The molecule has 0 aliphatic heterocycles. The molecule has 0 rings (SSSR count). The average molecular weight is 161 g/mol. The Bertz CT molecular complexity index is 87.8. The largest absolute Gasteiger partial charge is 0.377 e. The molecule has 0 aliphatic rings. The number of rotatable bonds is 6. The first-order valence-electron chi connectivity index (χ1n) is 4.03. The van der Waals surface area contributed by atoms with E-state index >= 15 is 0 Å². The van der Waals surface area contributed by atoms with Gasteiger partial charge in [-0.1, -0.05) is 6.42 Å². The van der Waals surface area contributed by atoms with E-state index in [1.807, 2.05) is 0 Å². The molecule has 11 heavy (non-hydrogen) atoms. The summed E-state index contributed by atoms with van der Waals surface area (Å²) in [6, 6.07) is 0.00144. The zero-order chi connectivity index (χ0) is 8.69. The number of aliphatic hydroxyl groups is 1. The van der Waals surface area contributed by atoms with Gasteiger partial charge in [-0.05, 0) is 26.4 Å². The molecule has 2 unspecified atom stereocenters. The molecule has 0 saturated heterocycles. The second-order valence-corrected chi connectivity index (χ2v) is 2.67. The summed E-state index contributed by atoms with van der Waals surface area (Å²) in [5, 5.41) is 11.9. The zero-order valence-electron chi connectivity index (χ0n) is 7.09. The summed E-state index contributed by atoms with van der Waals surface area (Å²) in [4.78, 5) is 0. The molecule has 6 N–H and O–H groups in total. The molecule has 0 spiro atoms. The van der Waals surface area contributed by atoms with Gasteiger partial charge in [0.2, 0.25) is 0 Å². The molecule has 4 heteroatoms. The van der Waals surface area contributed by atoms with Crippen LogP contribution < -0.4 is 16.8 Å². The van der Waals surface area contributed by atoms with Crippen LogP contribution >= 0.6 is 0 Å². The third-order valence-corrected chi connectivity index (χ3v) is 1.75. The van der Waals surface area contributed by atoms with E-state index in [0.29, 0.717) is 6.54 Å². The van der Waals surface area contributed by atoms with Crippen LogP contribution in [0.5, 0.6) is 0 Å². The maximum absolute atomic E-state index is 9.00. The molecule has 0 radical (unpaired) electrons. The van der Waals surface area contributed by atoms with E-state index < -0.39 is 6.23 Å². The predicted molar refractivity (Wildman–Crippen MR) is 45.9 cm³/mol. The smallest absolute Gasteiger partial charge is 0.117 e. The molecular weight excluding hydrogens is 142 g/mol. The van der Waals surface area contributed by atoms with E-state index in [1.165, 1.54) is 0 Å². The molecule has 0 bridgehead atoms. The molecule has 0 aromatic carbocycles. The lowest BCUT2D eigenvalue weighted by atomic mass is 10.1. The van der Waals surface area contributed by atoms with Crippen LogP contribution in [0.1, 0.15) is 19.3 Å². The van der Waals surface area contributed by atoms with Gasteiger partial charge in [0, 0.05) is 6.04 Å². The Hall–Kier alpha value is -0.160. The van der Waals surface area contributed by atoms with Crippen LogP contribution in [0.3, 0.4) is 0 Å². The van der Waals surface area contributed by atoms with Crippen molar-refractivity contribution in [2.24, 2.45) is 11.5 Å². The Labute approximate surface area is 68.0 Å². The molecule has 0 aliphatic carbocycles. The first-order valence-corrected chi connectivity index (χ1v) is 4.03. The summed E-state index contributed by atoms with van der Waals surface area (Å²) in [5.41, 5.74) is 10.6. The summed E-state index contributed by atoms with van der Waals surface area (Å²) in [6.07, 6.45) is 2.12. The van der Waals surface area contributed by atoms with Crippen molar-refractivity contribution in [2.75, 3.05) is 13.6 Å². The first-order chi connectivity index (χ1) is 5.22.